The van der Waals surface area contributed by atoms with E-state index < -0.39 is 5.97 Å². The maximum atomic E-state index is 12.2. The summed E-state index contributed by atoms with van der Waals surface area (Å²) in [5.74, 6) is -0.896. The van der Waals surface area contributed by atoms with Gasteiger partial charge in [0.1, 0.15) is 0 Å². The summed E-state index contributed by atoms with van der Waals surface area (Å²) in [4.78, 5) is 24.8. The van der Waals surface area contributed by atoms with Gasteiger partial charge >= 0.3 is 5.97 Å². The summed E-state index contributed by atoms with van der Waals surface area (Å²) in [5.41, 5.74) is 1.07. The molecule has 1 fully saturated rings. The van der Waals surface area contributed by atoms with E-state index in [0.29, 0.717) is 19.6 Å². The number of carbonyl (C=O) groups is 2. The lowest BCUT2D eigenvalue weighted by Gasteiger charge is -2.22. The molecule has 1 amide bonds. The van der Waals surface area contributed by atoms with E-state index in [9.17, 15) is 9.59 Å². The van der Waals surface area contributed by atoms with E-state index in [0.717, 1.165) is 18.5 Å². The molecule has 5 heteroatoms. The molecule has 108 valence electrons. The highest BCUT2D eigenvalue weighted by molar-refractivity contribution is 5.87. The SMILES string of the molecule is C[C@H]1CN(C(=O)Cc2ccc(C(=O)O)cc2)CCCO1. The highest BCUT2D eigenvalue weighted by Crippen LogP contribution is 2.10. The predicted octanol–water partition coefficient (Wildman–Crippen LogP) is 1.56. The molecule has 20 heavy (non-hydrogen) atoms. The van der Waals surface area contributed by atoms with Crippen LogP contribution in [0.25, 0.3) is 0 Å². The van der Waals surface area contributed by atoms with Crippen molar-refractivity contribution in [3.05, 3.63) is 35.4 Å². The van der Waals surface area contributed by atoms with Crippen molar-refractivity contribution in [2.24, 2.45) is 0 Å². The first kappa shape index (κ1) is 14.5. The van der Waals surface area contributed by atoms with Crippen LogP contribution in [0.2, 0.25) is 0 Å². The molecule has 1 aliphatic heterocycles. The summed E-state index contributed by atoms with van der Waals surface area (Å²) < 4.78 is 5.52. The van der Waals surface area contributed by atoms with E-state index in [1.54, 1.807) is 12.1 Å². The Labute approximate surface area is 118 Å². The van der Waals surface area contributed by atoms with Gasteiger partial charge in [-0.15, -0.1) is 0 Å². The lowest BCUT2D eigenvalue weighted by atomic mass is 10.1. The number of hydrogen-bond donors (Lipinski definition) is 1. The van der Waals surface area contributed by atoms with E-state index >= 15 is 0 Å². The second-order valence-electron chi connectivity index (χ2n) is 5.05. The van der Waals surface area contributed by atoms with Crippen molar-refractivity contribution in [1.29, 1.82) is 0 Å². The van der Waals surface area contributed by atoms with Crippen molar-refractivity contribution in [2.75, 3.05) is 19.7 Å². The Morgan fingerprint density at radius 3 is 2.70 bits per heavy atom. The molecule has 1 saturated heterocycles. The fourth-order valence-electron chi connectivity index (χ4n) is 2.27. The van der Waals surface area contributed by atoms with Gasteiger partial charge in [0.15, 0.2) is 0 Å². The van der Waals surface area contributed by atoms with Gasteiger partial charge < -0.3 is 14.7 Å². The smallest absolute Gasteiger partial charge is 0.335 e. The van der Waals surface area contributed by atoms with Crippen LogP contribution in [0.1, 0.15) is 29.3 Å². The van der Waals surface area contributed by atoms with Crippen molar-refractivity contribution in [3.63, 3.8) is 0 Å². The highest BCUT2D eigenvalue weighted by Gasteiger charge is 2.19. The first-order valence-corrected chi connectivity index (χ1v) is 6.78. The molecule has 1 atom stereocenters. The van der Waals surface area contributed by atoms with Crippen molar-refractivity contribution in [1.82, 2.24) is 4.90 Å². The molecule has 0 bridgehead atoms. The van der Waals surface area contributed by atoms with Crippen molar-refractivity contribution < 1.29 is 19.4 Å². The van der Waals surface area contributed by atoms with Crippen LogP contribution in [0.15, 0.2) is 24.3 Å². The van der Waals surface area contributed by atoms with Gasteiger partial charge in [0.25, 0.3) is 0 Å². The van der Waals surface area contributed by atoms with Gasteiger partial charge in [0.05, 0.1) is 18.1 Å². The number of rotatable bonds is 3. The number of ether oxygens (including phenoxy) is 1. The number of carboxylic acids is 1. The molecule has 1 N–H and O–H groups in total. The highest BCUT2D eigenvalue weighted by atomic mass is 16.5. The molecule has 5 nitrogen and oxygen atoms in total. The number of benzene rings is 1. The van der Waals surface area contributed by atoms with Crippen LogP contribution < -0.4 is 0 Å². The summed E-state index contributed by atoms with van der Waals surface area (Å²) in [6.45, 7) is 3.99. The average molecular weight is 277 g/mol. The first-order chi connectivity index (χ1) is 9.56. The molecule has 1 aromatic carbocycles. The zero-order valence-corrected chi connectivity index (χ0v) is 11.5. The van der Waals surface area contributed by atoms with Crippen LogP contribution in [0.4, 0.5) is 0 Å². The summed E-state index contributed by atoms with van der Waals surface area (Å²) in [6.07, 6.45) is 1.22. The summed E-state index contributed by atoms with van der Waals surface area (Å²) in [5, 5.41) is 8.83. The number of amides is 1. The molecule has 0 aliphatic carbocycles. The molecule has 1 heterocycles. The first-order valence-electron chi connectivity index (χ1n) is 6.78. The number of carboxylic acid groups (broad SMARTS) is 1. The number of hydrogen-bond acceptors (Lipinski definition) is 3. The number of nitrogens with zero attached hydrogens (tertiary/aromatic N) is 1. The van der Waals surface area contributed by atoms with Gasteiger partial charge in [0.2, 0.25) is 5.91 Å². The second-order valence-corrected chi connectivity index (χ2v) is 5.05. The van der Waals surface area contributed by atoms with Crippen molar-refractivity contribution in [2.45, 2.75) is 25.9 Å². The van der Waals surface area contributed by atoms with Gasteiger partial charge in [-0.3, -0.25) is 4.79 Å². The minimum atomic E-state index is -0.957. The number of carbonyl (C=O) groups excluding carboxylic acids is 1. The second kappa shape index (κ2) is 6.52. The lowest BCUT2D eigenvalue weighted by molar-refractivity contribution is -0.131. The topological polar surface area (TPSA) is 66.8 Å². The van der Waals surface area contributed by atoms with Crippen LogP contribution in [0.5, 0.6) is 0 Å². The summed E-state index contributed by atoms with van der Waals surface area (Å²) in [6, 6.07) is 6.44. The standard InChI is InChI=1S/C15H19NO4/c1-11-10-16(7-2-8-20-11)14(17)9-12-3-5-13(6-4-12)15(18)19/h3-6,11H,2,7-10H2,1H3,(H,18,19)/t11-/m0/s1. The third-order valence-electron chi connectivity index (χ3n) is 3.36. The minimum Gasteiger partial charge on any atom is -0.478 e. The van der Waals surface area contributed by atoms with Crippen LogP contribution in [-0.2, 0) is 16.0 Å². The third kappa shape index (κ3) is 3.81. The Morgan fingerprint density at radius 1 is 1.35 bits per heavy atom. The molecule has 0 radical (unpaired) electrons. The minimum absolute atomic E-state index is 0.0606. The maximum absolute atomic E-state index is 12.2. The van der Waals surface area contributed by atoms with Gasteiger partial charge in [-0.1, -0.05) is 12.1 Å². The van der Waals surface area contributed by atoms with Gasteiger partial charge in [0, 0.05) is 19.7 Å². The van der Waals surface area contributed by atoms with E-state index in [1.807, 2.05) is 11.8 Å². The third-order valence-corrected chi connectivity index (χ3v) is 3.36. The Bertz CT molecular complexity index is 483. The molecule has 0 spiro atoms. The van der Waals surface area contributed by atoms with E-state index in [1.165, 1.54) is 12.1 Å². The van der Waals surface area contributed by atoms with Crippen LogP contribution in [-0.4, -0.2) is 47.7 Å². The number of aromatic carboxylic acids is 1. The Hall–Kier alpha value is -1.88. The van der Waals surface area contributed by atoms with E-state index in [-0.39, 0.29) is 17.6 Å². The Balaban J connectivity index is 1.97. The quantitative estimate of drug-likeness (QED) is 0.910. The van der Waals surface area contributed by atoms with Gasteiger partial charge in [-0.05, 0) is 31.0 Å². The molecule has 2 rings (SSSR count). The van der Waals surface area contributed by atoms with E-state index in [4.69, 9.17) is 9.84 Å². The van der Waals surface area contributed by atoms with E-state index in [2.05, 4.69) is 0 Å². The molecule has 0 saturated carbocycles. The van der Waals surface area contributed by atoms with Gasteiger partial charge in [-0.2, -0.15) is 0 Å². The Morgan fingerprint density at radius 2 is 2.05 bits per heavy atom. The lowest BCUT2D eigenvalue weighted by Crippen LogP contribution is -2.36. The molecular weight excluding hydrogens is 258 g/mol. The fraction of sp³-hybridized carbons (Fsp3) is 0.467. The van der Waals surface area contributed by atoms with Crippen molar-refractivity contribution >= 4 is 11.9 Å². The molecule has 0 aromatic heterocycles. The van der Waals surface area contributed by atoms with Crippen LogP contribution in [0.3, 0.4) is 0 Å². The zero-order chi connectivity index (χ0) is 14.5. The normalized spacial score (nSPS) is 19.4. The van der Waals surface area contributed by atoms with Gasteiger partial charge in [-0.25, -0.2) is 4.79 Å². The van der Waals surface area contributed by atoms with Crippen LogP contribution in [0, 0.1) is 0 Å². The molecular formula is C15H19NO4. The Kier molecular flexibility index (Phi) is 4.74. The predicted molar refractivity (Wildman–Crippen MR) is 73.7 cm³/mol. The molecule has 1 aliphatic rings. The maximum Gasteiger partial charge on any atom is 0.335 e. The summed E-state index contributed by atoms with van der Waals surface area (Å²) in [7, 11) is 0. The molecule has 1 aromatic rings. The monoisotopic (exact) mass is 277 g/mol. The van der Waals surface area contributed by atoms with Crippen molar-refractivity contribution in [3.8, 4) is 0 Å². The zero-order valence-electron chi connectivity index (χ0n) is 11.5. The van der Waals surface area contributed by atoms with Crippen LogP contribution >= 0.6 is 0 Å². The summed E-state index contributed by atoms with van der Waals surface area (Å²) >= 11 is 0. The largest absolute Gasteiger partial charge is 0.478 e. The molecule has 0 unspecified atom stereocenters. The average Bonchev–Trinajstić information content (AvgIpc) is 2.64. The fourth-order valence-corrected chi connectivity index (χ4v) is 2.27.